The predicted octanol–water partition coefficient (Wildman–Crippen LogP) is 1.94. The summed E-state index contributed by atoms with van der Waals surface area (Å²) in [5.41, 5.74) is 0. The van der Waals surface area contributed by atoms with E-state index in [4.69, 9.17) is 0 Å². The van der Waals surface area contributed by atoms with Crippen molar-refractivity contribution in [1.29, 1.82) is 0 Å². The first-order valence-corrected chi connectivity index (χ1v) is 10.9. The number of aromatic nitrogens is 2. The van der Waals surface area contributed by atoms with Crippen LogP contribution in [0.1, 0.15) is 31.2 Å². The van der Waals surface area contributed by atoms with Crippen molar-refractivity contribution in [1.82, 2.24) is 20.0 Å². The minimum atomic E-state index is 0.0247. The molecule has 24 heavy (non-hydrogen) atoms. The highest BCUT2D eigenvalue weighted by Crippen LogP contribution is 2.22. The number of nitrogens with one attached hydrogen (secondary N) is 1. The van der Waals surface area contributed by atoms with Gasteiger partial charge in [-0.3, -0.25) is 19.9 Å². The summed E-state index contributed by atoms with van der Waals surface area (Å²) in [6.45, 7) is 6.70. The molecule has 1 aromatic rings. The van der Waals surface area contributed by atoms with Crippen LogP contribution in [0.4, 0.5) is 5.13 Å². The molecule has 0 radical (unpaired) electrons. The molecule has 3 rings (SSSR count). The van der Waals surface area contributed by atoms with Crippen molar-refractivity contribution in [2.75, 3.05) is 49.5 Å². The number of amides is 1. The molecular weight excluding hydrogens is 342 g/mol. The van der Waals surface area contributed by atoms with E-state index < -0.39 is 0 Å². The molecule has 8 heteroatoms. The molecule has 1 N–H and O–H groups in total. The second-order valence-electron chi connectivity index (χ2n) is 6.45. The summed E-state index contributed by atoms with van der Waals surface area (Å²) in [5, 5.41) is 12.7. The number of nitrogens with zero attached hydrogens (tertiary/aromatic N) is 4. The van der Waals surface area contributed by atoms with Gasteiger partial charge >= 0.3 is 0 Å². The molecule has 2 saturated heterocycles. The van der Waals surface area contributed by atoms with E-state index in [0.29, 0.717) is 11.7 Å². The molecule has 3 heterocycles. The fraction of sp³-hybridized carbons (Fsp3) is 0.812. The highest BCUT2D eigenvalue weighted by Gasteiger charge is 2.26. The van der Waals surface area contributed by atoms with Crippen molar-refractivity contribution in [3.63, 3.8) is 0 Å². The van der Waals surface area contributed by atoms with E-state index in [1.807, 2.05) is 0 Å². The summed E-state index contributed by atoms with van der Waals surface area (Å²) in [7, 11) is 0. The van der Waals surface area contributed by atoms with Gasteiger partial charge in [-0.1, -0.05) is 18.3 Å². The van der Waals surface area contributed by atoms with Crippen LogP contribution in [0.5, 0.6) is 0 Å². The Bertz CT molecular complexity index is 524. The Morgan fingerprint density at radius 3 is 2.67 bits per heavy atom. The van der Waals surface area contributed by atoms with Crippen molar-refractivity contribution in [2.24, 2.45) is 0 Å². The molecule has 0 aliphatic carbocycles. The highest BCUT2D eigenvalue weighted by atomic mass is 32.2. The molecule has 0 aromatic carbocycles. The van der Waals surface area contributed by atoms with Gasteiger partial charge in [0.05, 0.1) is 6.54 Å². The Labute approximate surface area is 152 Å². The van der Waals surface area contributed by atoms with Crippen LogP contribution in [0.15, 0.2) is 0 Å². The number of rotatable bonds is 6. The van der Waals surface area contributed by atoms with Gasteiger partial charge in [-0.25, -0.2) is 0 Å². The number of hydrogen-bond acceptors (Lipinski definition) is 7. The summed E-state index contributed by atoms with van der Waals surface area (Å²) >= 11 is 3.56. The van der Waals surface area contributed by atoms with E-state index >= 15 is 0 Å². The zero-order valence-electron chi connectivity index (χ0n) is 14.4. The van der Waals surface area contributed by atoms with Crippen LogP contribution < -0.4 is 5.32 Å². The molecule has 2 fully saturated rings. The Hall–Kier alpha value is -0.700. The maximum absolute atomic E-state index is 12.2. The Morgan fingerprint density at radius 1 is 1.21 bits per heavy atom. The van der Waals surface area contributed by atoms with Crippen LogP contribution >= 0.6 is 23.1 Å². The first kappa shape index (κ1) is 18.1. The van der Waals surface area contributed by atoms with Gasteiger partial charge in [-0.05, 0) is 30.8 Å². The standard InChI is InChI=1S/C16H27N5OS2/c1-2-3-15-18-19-16(24-15)17-14(22)12-20-6-8-21(9-7-20)13-4-10-23-11-5-13/h13H,2-12H2,1H3,(H,17,19,22). The molecular formula is C16H27N5OS2. The van der Waals surface area contributed by atoms with E-state index in [2.05, 4.69) is 44.0 Å². The highest BCUT2D eigenvalue weighted by molar-refractivity contribution is 7.99. The van der Waals surface area contributed by atoms with Gasteiger partial charge in [0.25, 0.3) is 0 Å². The summed E-state index contributed by atoms with van der Waals surface area (Å²) in [6.07, 6.45) is 4.62. The van der Waals surface area contributed by atoms with Gasteiger partial charge in [0.15, 0.2) is 0 Å². The number of piperazine rings is 1. The number of carbonyl (C=O) groups excluding carboxylic acids is 1. The predicted molar refractivity (Wildman–Crippen MR) is 101 cm³/mol. The van der Waals surface area contributed by atoms with Crippen molar-refractivity contribution < 1.29 is 4.79 Å². The SMILES string of the molecule is CCCc1nnc(NC(=O)CN2CCN(C3CCSCC3)CC2)s1. The summed E-state index contributed by atoms with van der Waals surface area (Å²) in [4.78, 5) is 17.1. The van der Waals surface area contributed by atoms with E-state index in [1.54, 1.807) is 0 Å². The average molecular weight is 370 g/mol. The first-order valence-electron chi connectivity index (χ1n) is 8.91. The number of hydrogen-bond donors (Lipinski definition) is 1. The molecule has 0 saturated carbocycles. The van der Waals surface area contributed by atoms with Gasteiger partial charge in [-0.2, -0.15) is 11.8 Å². The third kappa shape index (κ3) is 5.15. The van der Waals surface area contributed by atoms with Crippen molar-refractivity contribution in [3.8, 4) is 0 Å². The number of carbonyl (C=O) groups is 1. The molecule has 2 aliphatic rings. The second-order valence-corrected chi connectivity index (χ2v) is 8.74. The third-order valence-electron chi connectivity index (χ3n) is 4.66. The minimum Gasteiger partial charge on any atom is -0.299 e. The average Bonchev–Trinajstić information content (AvgIpc) is 3.03. The molecule has 2 aliphatic heterocycles. The normalized spacial score (nSPS) is 21.0. The molecule has 0 unspecified atom stereocenters. The fourth-order valence-electron chi connectivity index (χ4n) is 3.32. The second kappa shape index (κ2) is 9.12. The van der Waals surface area contributed by atoms with Crippen molar-refractivity contribution >= 4 is 34.1 Å². The van der Waals surface area contributed by atoms with Crippen LogP contribution in [0.2, 0.25) is 0 Å². The Morgan fingerprint density at radius 2 is 1.96 bits per heavy atom. The van der Waals surface area contributed by atoms with Crippen LogP contribution in [0.3, 0.4) is 0 Å². The van der Waals surface area contributed by atoms with Crippen LogP contribution in [-0.4, -0.2) is 76.2 Å². The zero-order chi connectivity index (χ0) is 16.8. The van der Waals surface area contributed by atoms with Crippen molar-refractivity contribution in [3.05, 3.63) is 5.01 Å². The lowest BCUT2D eigenvalue weighted by atomic mass is 10.1. The van der Waals surface area contributed by atoms with Gasteiger partial charge in [0.2, 0.25) is 11.0 Å². The van der Waals surface area contributed by atoms with E-state index in [9.17, 15) is 4.79 Å². The van der Waals surface area contributed by atoms with Gasteiger partial charge in [0, 0.05) is 38.6 Å². The first-order chi connectivity index (χ1) is 11.7. The lowest BCUT2D eigenvalue weighted by molar-refractivity contribution is -0.117. The van der Waals surface area contributed by atoms with E-state index in [1.165, 1.54) is 35.7 Å². The number of anilines is 1. The quantitative estimate of drug-likeness (QED) is 0.827. The summed E-state index contributed by atoms with van der Waals surface area (Å²) < 4.78 is 0. The smallest absolute Gasteiger partial charge is 0.240 e. The van der Waals surface area contributed by atoms with Gasteiger partial charge in [-0.15, -0.1) is 10.2 Å². The van der Waals surface area contributed by atoms with E-state index in [0.717, 1.165) is 50.1 Å². The third-order valence-corrected chi connectivity index (χ3v) is 6.61. The van der Waals surface area contributed by atoms with E-state index in [-0.39, 0.29) is 5.91 Å². The molecule has 134 valence electrons. The number of aryl methyl sites for hydroxylation is 1. The minimum absolute atomic E-state index is 0.0247. The van der Waals surface area contributed by atoms with Crippen molar-refractivity contribution in [2.45, 2.75) is 38.6 Å². The topological polar surface area (TPSA) is 61.4 Å². The Kier molecular flexibility index (Phi) is 6.88. The monoisotopic (exact) mass is 369 g/mol. The van der Waals surface area contributed by atoms with Gasteiger partial charge < -0.3 is 0 Å². The lowest BCUT2D eigenvalue weighted by Gasteiger charge is -2.40. The van der Waals surface area contributed by atoms with Crippen LogP contribution in [-0.2, 0) is 11.2 Å². The molecule has 1 aromatic heterocycles. The molecule has 0 bridgehead atoms. The van der Waals surface area contributed by atoms with Crippen LogP contribution in [0, 0.1) is 0 Å². The molecule has 6 nitrogen and oxygen atoms in total. The largest absolute Gasteiger partial charge is 0.299 e. The Balaban J connectivity index is 1.39. The molecule has 0 atom stereocenters. The summed E-state index contributed by atoms with van der Waals surface area (Å²) in [5.74, 6) is 2.63. The maximum atomic E-state index is 12.2. The maximum Gasteiger partial charge on any atom is 0.240 e. The lowest BCUT2D eigenvalue weighted by Crippen LogP contribution is -2.52. The molecule has 1 amide bonds. The van der Waals surface area contributed by atoms with Gasteiger partial charge in [0.1, 0.15) is 5.01 Å². The summed E-state index contributed by atoms with van der Waals surface area (Å²) in [6, 6.07) is 0.764. The molecule has 0 spiro atoms. The number of thioether (sulfide) groups is 1. The van der Waals surface area contributed by atoms with Crippen LogP contribution in [0.25, 0.3) is 0 Å². The zero-order valence-corrected chi connectivity index (χ0v) is 16.0. The fourth-order valence-corrected chi connectivity index (χ4v) is 5.26.